The van der Waals surface area contributed by atoms with Gasteiger partial charge in [0.15, 0.2) is 10.8 Å². The molecule has 0 radical (unpaired) electrons. The topological polar surface area (TPSA) is 86.8 Å². The normalized spacial score (nSPS) is 30.3. The molecule has 2 aromatic heterocycles. The van der Waals surface area contributed by atoms with E-state index in [0.717, 1.165) is 29.5 Å². The summed E-state index contributed by atoms with van der Waals surface area (Å²) in [5, 5.41) is 13.3. The number of fused-ring (bicyclic) bond motifs is 1. The van der Waals surface area contributed by atoms with Crippen LogP contribution in [0.3, 0.4) is 0 Å². The summed E-state index contributed by atoms with van der Waals surface area (Å²) >= 11 is 1.45. The van der Waals surface area contributed by atoms with Gasteiger partial charge >= 0.3 is 5.69 Å². The van der Waals surface area contributed by atoms with Gasteiger partial charge in [0.1, 0.15) is 17.8 Å². The number of nitrogens with zero attached hydrogens (tertiary/aromatic N) is 4. The average molecular weight is 305 g/mol. The molecule has 1 N–H and O–H groups in total. The van der Waals surface area contributed by atoms with Crippen molar-refractivity contribution in [3.63, 3.8) is 0 Å². The van der Waals surface area contributed by atoms with Crippen LogP contribution in [-0.4, -0.2) is 31.5 Å². The third kappa shape index (κ3) is 1.95. The molecule has 1 spiro atoms. The molecule has 108 valence electrons. The Morgan fingerprint density at radius 1 is 1.57 bits per heavy atom. The van der Waals surface area contributed by atoms with Crippen LogP contribution in [-0.2, 0) is 0 Å². The van der Waals surface area contributed by atoms with E-state index in [1.165, 1.54) is 18.0 Å². The molecule has 2 aliphatic rings. The Labute approximate surface area is 123 Å². The molecule has 0 aromatic carbocycles. The molecular formula is C13H12FN5OS. The van der Waals surface area contributed by atoms with E-state index in [-0.39, 0.29) is 16.6 Å². The van der Waals surface area contributed by atoms with Crippen LogP contribution in [0.5, 0.6) is 0 Å². The largest absolute Gasteiger partial charge is 0.350 e. The zero-order valence-corrected chi connectivity index (χ0v) is 11.9. The van der Waals surface area contributed by atoms with E-state index >= 15 is 0 Å². The predicted octanol–water partition coefficient (Wildman–Crippen LogP) is 1.52. The van der Waals surface area contributed by atoms with Crippen molar-refractivity contribution in [3.05, 3.63) is 22.2 Å². The van der Waals surface area contributed by atoms with Crippen molar-refractivity contribution in [3.8, 4) is 6.07 Å². The Balaban J connectivity index is 1.49. The van der Waals surface area contributed by atoms with Crippen LogP contribution >= 0.6 is 11.8 Å². The first-order chi connectivity index (χ1) is 10.1. The molecule has 21 heavy (non-hydrogen) atoms. The summed E-state index contributed by atoms with van der Waals surface area (Å²) in [6.07, 6.45) is 3.32. The summed E-state index contributed by atoms with van der Waals surface area (Å²) in [7, 11) is 0. The highest BCUT2D eigenvalue weighted by molar-refractivity contribution is 7.99. The molecule has 2 fully saturated rings. The number of H-pyrrole nitrogens is 1. The van der Waals surface area contributed by atoms with Crippen LogP contribution < -0.4 is 5.69 Å². The van der Waals surface area contributed by atoms with Gasteiger partial charge in [0.2, 0.25) is 0 Å². The maximum atomic E-state index is 13.1. The van der Waals surface area contributed by atoms with E-state index in [4.69, 9.17) is 5.26 Å². The highest BCUT2D eigenvalue weighted by atomic mass is 32.2. The molecule has 0 aliphatic heterocycles. The minimum absolute atomic E-state index is 0.00452. The Morgan fingerprint density at radius 3 is 3.00 bits per heavy atom. The molecule has 0 saturated heterocycles. The lowest BCUT2D eigenvalue weighted by atomic mass is 9.73. The number of thioether (sulfide) groups is 1. The van der Waals surface area contributed by atoms with E-state index < -0.39 is 11.9 Å². The maximum absolute atomic E-state index is 13.1. The summed E-state index contributed by atoms with van der Waals surface area (Å²) in [6.45, 7) is 0. The molecule has 2 heterocycles. The second kappa shape index (κ2) is 4.31. The van der Waals surface area contributed by atoms with Crippen LogP contribution in [0.4, 0.5) is 4.39 Å². The highest BCUT2D eigenvalue weighted by Crippen LogP contribution is 2.65. The summed E-state index contributed by atoms with van der Waals surface area (Å²) in [5.74, 6) is 1.29. The molecular weight excluding hydrogens is 293 g/mol. The Hall–Kier alpha value is -1.88. The van der Waals surface area contributed by atoms with Crippen molar-refractivity contribution in [1.29, 1.82) is 5.26 Å². The lowest BCUT2D eigenvalue weighted by Gasteiger charge is -2.35. The Morgan fingerprint density at radius 2 is 2.33 bits per heavy atom. The number of aromatic amines is 1. The van der Waals surface area contributed by atoms with Crippen molar-refractivity contribution >= 4 is 17.4 Å². The van der Waals surface area contributed by atoms with Gasteiger partial charge < -0.3 is 0 Å². The molecule has 6 nitrogen and oxygen atoms in total. The molecule has 1 atom stereocenters. The number of alkyl halides is 1. The fraction of sp³-hybridized carbons (Fsp3) is 0.538. The summed E-state index contributed by atoms with van der Waals surface area (Å²) in [5.41, 5.74) is 0.152. The molecule has 0 amide bonds. The second-order valence-electron chi connectivity index (χ2n) is 5.87. The maximum Gasteiger partial charge on any atom is 0.350 e. The minimum Gasteiger partial charge on any atom is -0.285 e. The van der Waals surface area contributed by atoms with Crippen LogP contribution in [0, 0.1) is 22.7 Å². The zero-order chi connectivity index (χ0) is 14.6. The average Bonchev–Trinajstić information content (AvgIpc) is 2.92. The number of nitriles is 1. The smallest absolute Gasteiger partial charge is 0.285 e. The molecule has 1 unspecified atom stereocenters. The van der Waals surface area contributed by atoms with Gasteiger partial charge in [-0.25, -0.2) is 14.2 Å². The van der Waals surface area contributed by atoms with Crippen molar-refractivity contribution in [2.24, 2.45) is 11.3 Å². The van der Waals surface area contributed by atoms with Gasteiger partial charge in [-0.2, -0.15) is 14.9 Å². The molecule has 8 heteroatoms. The van der Waals surface area contributed by atoms with Crippen LogP contribution in [0.25, 0.3) is 5.65 Å². The van der Waals surface area contributed by atoms with Gasteiger partial charge in [-0.1, -0.05) is 11.8 Å². The number of rotatable bonds is 3. The zero-order valence-electron chi connectivity index (χ0n) is 11.0. The SMILES string of the molecule is N#Cc1cnn2c(=O)[nH]c(SCC3CC4(C3)CC4F)nc12. The third-order valence-electron chi connectivity index (χ3n) is 4.41. The molecule has 0 bridgehead atoms. The van der Waals surface area contributed by atoms with Crippen LogP contribution in [0.15, 0.2) is 16.1 Å². The number of hydrogen-bond acceptors (Lipinski definition) is 5. The van der Waals surface area contributed by atoms with Crippen LogP contribution in [0.2, 0.25) is 0 Å². The summed E-state index contributed by atoms with van der Waals surface area (Å²) in [6, 6.07) is 1.97. The van der Waals surface area contributed by atoms with E-state index in [2.05, 4.69) is 15.1 Å². The summed E-state index contributed by atoms with van der Waals surface area (Å²) in [4.78, 5) is 18.8. The fourth-order valence-corrected chi connectivity index (χ4v) is 4.08. The van der Waals surface area contributed by atoms with Crippen molar-refractivity contribution in [2.45, 2.75) is 30.6 Å². The van der Waals surface area contributed by atoms with Gasteiger partial charge in [0.25, 0.3) is 0 Å². The van der Waals surface area contributed by atoms with Gasteiger partial charge in [-0.15, -0.1) is 0 Å². The lowest BCUT2D eigenvalue weighted by molar-refractivity contribution is 0.153. The van der Waals surface area contributed by atoms with Crippen molar-refractivity contribution in [2.75, 3.05) is 5.75 Å². The fourth-order valence-electron chi connectivity index (χ4n) is 3.14. The second-order valence-corrected chi connectivity index (χ2v) is 6.88. The number of nitrogens with one attached hydrogen (secondary N) is 1. The summed E-state index contributed by atoms with van der Waals surface area (Å²) < 4.78 is 14.2. The van der Waals surface area contributed by atoms with E-state index in [0.29, 0.717) is 11.1 Å². The Kier molecular flexibility index (Phi) is 2.63. The van der Waals surface area contributed by atoms with Gasteiger partial charge in [-0.05, 0) is 25.2 Å². The molecule has 4 rings (SSSR count). The first kappa shape index (κ1) is 12.8. The quantitative estimate of drug-likeness (QED) is 0.869. The Bertz CT molecular complexity index is 816. The number of hydrogen-bond donors (Lipinski definition) is 1. The third-order valence-corrected chi connectivity index (χ3v) is 5.52. The van der Waals surface area contributed by atoms with Crippen molar-refractivity contribution in [1.82, 2.24) is 19.6 Å². The monoisotopic (exact) mass is 305 g/mol. The molecule has 2 aromatic rings. The number of aromatic nitrogens is 4. The standard InChI is InChI=1S/C13H12FN5OS/c14-9-3-13(9)1-7(2-13)6-21-11-17-10-8(4-15)5-16-19(10)12(20)18-11/h5,7,9H,1-3,6H2,(H,17,18,20). The highest BCUT2D eigenvalue weighted by Gasteiger charge is 2.62. The first-order valence-corrected chi connectivity index (χ1v) is 7.75. The van der Waals surface area contributed by atoms with E-state index in [9.17, 15) is 9.18 Å². The number of halogens is 1. The minimum atomic E-state index is -0.599. The first-order valence-electron chi connectivity index (χ1n) is 6.76. The van der Waals surface area contributed by atoms with Gasteiger partial charge in [0.05, 0.1) is 6.20 Å². The van der Waals surface area contributed by atoms with Gasteiger partial charge in [-0.3, -0.25) is 4.98 Å². The van der Waals surface area contributed by atoms with E-state index in [1.807, 2.05) is 6.07 Å². The molecule has 2 aliphatic carbocycles. The predicted molar refractivity (Wildman–Crippen MR) is 73.7 cm³/mol. The molecule has 2 saturated carbocycles. The lowest BCUT2D eigenvalue weighted by Crippen LogP contribution is -2.29. The van der Waals surface area contributed by atoms with E-state index in [1.54, 1.807) is 0 Å². The van der Waals surface area contributed by atoms with Crippen LogP contribution in [0.1, 0.15) is 24.8 Å². The van der Waals surface area contributed by atoms with Crippen molar-refractivity contribution < 1.29 is 4.39 Å². The van der Waals surface area contributed by atoms with Gasteiger partial charge in [0, 0.05) is 11.2 Å².